The fourth-order valence-electron chi connectivity index (χ4n) is 2.57. The maximum Gasteiger partial charge on any atom is 0.307 e. The smallest absolute Gasteiger partial charge is 0.307 e. The maximum atomic E-state index is 10.8. The zero-order valence-corrected chi connectivity index (χ0v) is 12.5. The van der Waals surface area contributed by atoms with Crippen molar-refractivity contribution in [2.45, 2.75) is 6.42 Å². The van der Waals surface area contributed by atoms with E-state index in [-0.39, 0.29) is 6.42 Å². The van der Waals surface area contributed by atoms with Crippen molar-refractivity contribution < 1.29 is 9.90 Å². The summed E-state index contributed by atoms with van der Waals surface area (Å²) in [4.78, 5) is 27.1. The topological polar surface area (TPSA) is 96.7 Å². The van der Waals surface area contributed by atoms with Crippen LogP contribution in [0.3, 0.4) is 0 Å². The van der Waals surface area contributed by atoms with Gasteiger partial charge in [0.05, 0.1) is 24.5 Å². The zero-order chi connectivity index (χ0) is 16.5. The number of carbonyl (C=O) groups is 1. The molecule has 0 aromatic carbocycles. The Labute approximate surface area is 136 Å². The third-order valence-electron chi connectivity index (χ3n) is 3.66. The van der Waals surface area contributed by atoms with Crippen LogP contribution in [0, 0.1) is 0 Å². The first-order valence-corrected chi connectivity index (χ1v) is 7.34. The van der Waals surface area contributed by atoms with Gasteiger partial charge in [-0.2, -0.15) is 0 Å². The van der Waals surface area contributed by atoms with Crippen LogP contribution in [-0.4, -0.2) is 35.6 Å². The molecule has 118 valence electrons. The summed E-state index contributed by atoms with van der Waals surface area (Å²) in [5.41, 5.74) is 3.03. The molecule has 0 aliphatic heterocycles. The van der Waals surface area contributed by atoms with E-state index in [9.17, 15) is 4.79 Å². The average Bonchev–Trinajstić information content (AvgIpc) is 3.21. The Kier molecular flexibility index (Phi) is 3.31. The molecule has 0 unspecified atom stereocenters. The number of H-pyrrole nitrogens is 1. The van der Waals surface area contributed by atoms with Crippen LogP contribution < -0.4 is 0 Å². The molecule has 0 amide bonds. The Hall–Kier alpha value is -3.48. The number of rotatable bonds is 4. The van der Waals surface area contributed by atoms with Crippen LogP contribution in [0.15, 0.2) is 55.2 Å². The van der Waals surface area contributed by atoms with Crippen LogP contribution in [0.2, 0.25) is 0 Å². The number of hydrogen-bond acceptors (Lipinski definition) is 4. The van der Waals surface area contributed by atoms with Gasteiger partial charge in [0.1, 0.15) is 11.3 Å². The average molecular weight is 319 g/mol. The standard InChI is InChI=1S/C17H13N5O2/c23-16(24)6-11-3-5-22(10-11)15-9-18-8-14(20-15)13-7-12-2-1-4-19-17(12)21-13/h1-5,7-10H,6H2,(H,19,21)(H,23,24). The van der Waals surface area contributed by atoms with Crippen molar-refractivity contribution in [1.82, 2.24) is 24.5 Å². The van der Waals surface area contributed by atoms with Crippen molar-refractivity contribution >= 4 is 17.0 Å². The molecular weight excluding hydrogens is 306 g/mol. The van der Waals surface area contributed by atoms with E-state index >= 15 is 0 Å². The minimum atomic E-state index is -0.863. The number of hydrogen-bond donors (Lipinski definition) is 2. The van der Waals surface area contributed by atoms with Gasteiger partial charge in [0, 0.05) is 24.0 Å². The molecule has 0 saturated carbocycles. The Morgan fingerprint density at radius 2 is 2.21 bits per heavy atom. The van der Waals surface area contributed by atoms with E-state index in [0.29, 0.717) is 17.1 Å². The van der Waals surface area contributed by atoms with Crippen LogP contribution >= 0.6 is 0 Å². The first-order valence-electron chi connectivity index (χ1n) is 7.34. The minimum absolute atomic E-state index is 0.0200. The van der Waals surface area contributed by atoms with Gasteiger partial charge in [-0.3, -0.25) is 9.78 Å². The lowest BCUT2D eigenvalue weighted by Crippen LogP contribution is -2.00. The third-order valence-corrected chi connectivity index (χ3v) is 3.66. The second-order valence-electron chi connectivity index (χ2n) is 5.38. The second-order valence-corrected chi connectivity index (χ2v) is 5.38. The van der Waals surface area contributed by atoms with E-state index in [1.807, 2.05) is 18.2 Å². The lowest BCUT2D eigenvalue weighted by Gasteiger charge is -2.03. The molecular formula is C17H13N5O2. The van der Waals surface area contributed by atoms with Crippen molar-refractivity contribution in [1.29, 1.82) is 0 Å². The highest BCUT2D eigenvalue weighted by atomic mass is 16.4. The van der Waals surface area contributed by atoms with Gasteiger partial charge in [-0.05, 0) is 29.8 Å². The second kappa shape index (κ2) is 5.62. The number of aromatic nitrogens is 5. The highest BCUT2D eigenvalue weighted by Gasteiger charge is 2.09. The molecule has 24 heavy (non-hydrogen) atoms. The minimum Gasteiger partial charge on any atom is -0.481 e. The molecule has 0 saturated heterocycles. The molecule has 4 aromatic rings. The van der Waals surface area contributed by atoms with Gasteiger partial charge in [0.2, 0.25) is 0 Å². The van der Waals surface area contributed by atoms with Crippen molar-refractivity contribution in [3.8, 4) is 17.2 Å². The molecule has 0 bridgehead atoms. The SMILES string of the molecule is O=C(O)Cc1ccn(-c2cncc(-c3cc4cccnc4[nH]3)n2)c1. The number of carboxylic acids is 1. The Morgan fingerprint density at radius 3 is 3.04 bits per heavy atom. The Balaban J connectivity index is 1.70. The molecule has 0 aliphatic carbocycles. The molecule has 0 spiro atoms. The fourth-order valence-corrected chi connectivity index (χ4v) is 2.57. The van der Waals surface area contributed by atoms with E-state index in [2.05, 4.69) is 19.9 Å². The Morgan fingerprint density at radius 1 is 1.29 bits per heavy atom. The van der Waals surface area contributed by atoms with Crippen LogP contribution in [0.1, 0.15) is 5.56 Å². The summed E-state index contributed by atoms with van der Waals surface area (Å²) in [7, 11) is 0. The number of aromatic amines is 1. The first kappa shape index (κ1) is 14.1. The van der Waals surface area contributed by atoms with Gasteiger partial charge >= 0.3 is 5.97 Å². The lowest BCUT2D eigenvalue weighted by molar-refractivity contribution is -0.136. The van der Waals surface area contributed by atoms with Crippen molar-refractivity contribution in [2.75, 3.05) is 0 Å². The summed E-state index contributed by atoms with van der Waals surface area (Å²) >= 11 is 0. The maximum absolute atomic E-state index is 10.8. The Bertz CT molecular complexity index is 1000. The third kappa shape index (κ3) is 2.63. The van der Waals surface area contributed by atoms with E-state index < -0.39 is 5.97 Å². The fraction of sp³-hybridized carbons (Fsp3) is 0.0588. The molecule has 0 atom stereocenters. The first-order chi connectivity index (χ1) is 11.7. The summed E-state index contributed by atoms with van der Waals surface area (Å²) in [6, 6.07) is 7.59. The number of aliphatic carboxylic acids is 1. The van der Waals surface area contributed by atoms with Gasteiger partial charge in [0.25, 0.3) is 0 Å². The van der Waals surface area contributed by atoms with Gasteiger partial charge in [-0.1, -0.05) is 0 Å². The molecule has 4 rings (SSSR count). The monoisotopic (exact) mass is 319 g/mol. The van der Waals surface area contributed by atoms with Gasteiger partial charge < -0.3 is 14.7 Å². The van der Waals surface area contributed by atoms with Gasteiger partial charge in [0.15, 0.2) is 5.82 Å². The quantitative estimate of drug-likeness (QED) is 0.602. The summed E-state index contributed by atoms with van der Waals surface area (Å²) in [5.74, 6) is -0.242. The molecule has 7 nitrogen and oxygen atoms in total. The normalized spacial score (nSPS) is 11.0. The molecule has 0 fully saturated rings. The predicted molar refractivity (Wildman–Crippen MR) is 87.8 cm³/mol. The number of fused-ring (bicyclic) bond motifs is 1. The van der Waals surface area contributed by atoms with Crippen LogP contribution in [0.5, 0.6) is 0 Å². The summed E-state index contributed by atoms with van der Waals surface area (Å²) in [6.45, 7) is 0. The largest absolute Gasteiger partial charge is 0.481 e. The lowest BCUT2D eigenvalue weighted by atomic mass is 10.2. The van der Waals surface area contributed by atoms with Gasteiger partial charge in [-0.15, -0.1) is 0 Å². The number of pyridine rings is 1. The summed E-state index contributed by atoms with van der Waals surface area (Å²) in [5, 5.41) is 9.87. The molecule has 4 heterocycles. The van der Waals surface area contributed by atoms with Crippen molar-refractivity contribution in [3.63, 3.8) is 0 Å². The molecule has 2 N–H and O–H groups in total. The van der Waals surface area contributed by atoms with Crippen molar-refractivity contribution in [2.24, 2.45) is 0 Å². The summed E-state index contributed by atoms with van der Waals surface area (Å²) in [6.07, 6.45) is 8.54. The molecule has 7 heteroatoms. The van der Waals surface area contributed by atoms with E-state index in [1.54, 1.807) is 41.6 Å². The van der Waals surface area contributed by atoms with Crippen LogP contribution in [-0.2, 0) is 11.2 Å². The highest BCUT2D eigenvalue weighted by molar-refractivity contribution is 5.81. The van der Waals surface area contributed by atoms with E-state index in [4.69, 9.17) is 5.11 Å². The zero-order valence-electron chi connectivity index (χ0n) is 12.5. The van der Waals surface area contributed by atoms with E-state index in [1.165, 1.54) is 0 Å². The van der Waals surface area contributed by atoms with Crippen LogP contribution in [0.25, 0.3) is 28.2 Å². The summed E-state index contributed by atoms with van der Waals surface area (Å²) < 4.78 is 1.76. The van der Waals surface area contributed by atoms with Crippen molar-refractivity contribution in [3.05, 3.63) is 60.8 Å². The molecule has 0 aliphatic rings. The molecule has 0 radical (unpaired) electrons. The number of nitrogens with zero attached hydrogens (tertiary/aromatic N) is 4. The van der Waals surface area contributed by atoms with Gasteiger partial charge in [-0.25, -0.2) is 9.97 Å². The molecule has 4 aromatic heterocycles. The van der Waals surface area contributed by atoms with E-state index in [0.717, 1.165) is 16.7 Å². The van der Waals surface area contributed by atoms with Crippen LogP contribution in [0.4, 0.5) is 0 Å². The number of carboxylic acid groups (broad SMARTS) is 1. The highest BCUT2D eigenvalue weighted by Crippen LogP contribution is 2.21. The number of nitrogens with one attached hydrogen (secondary N) is 1. The predicted octanol–water partition coefficient (Wildman–Crippen LogP) is 2.44.